The van der Waals surface area contributed by atoms with Gasteiger partial charge in [-0.15, -0.1) is 18.3 Å². The van der Waals surface area contributed by atoms with E-state index in [1.165, 1.54) is 22.7 Å². The summed E-state index contributed by atoms with van der Waals surface area (Å²) in [5.74, 6) is -0.376. The zero-order valence-corrected chi connectivity index (χ0v) is 16.8. The van der Waals surface area contributed by atoms with Crippen molar-refractivity contribution in [1.82, 2.24) is 24.1 Å². The van der Waals surface area contributed by atoms with Crippen molar-refractivity contribution >= 4 is 5.65 Å². The first kappa shape index (κ1) is 23.1. The minimum Gasteiger partial charge on any atom is -0.461 e. The Morgan fingerprint density at radius 2 is 1.53 bits per heavy atom. The molecule has 0 spiro atoms. The first-order valence-electron chi connectivity index (χ1n) is 9.47. The Morgan fingerprint density at radius 3 is 2.15 bits per heavy atom. The van der Waals surface area contributed by atoms with Crippen molar-refractivity contribution in [3.8, 4) is 22.9 Å². The average Bonchev–Trinajstić information content (AvgIpc) is 3.08. The third kappa shape index (κ3) is 5.27. The second-order valence-corrected chi connectivity index (χ2v) is 6.82. The second-order valence-electron chi connectivity index (χ2n) is 6.82. The molecule has 0 aliphatic heterocycles. The first-order chi connectivity index (χ1) is 16.0. The number of hydrogen-bond acceptors (Lipinski definition) is 6. The van der Waals surface area contributed by atoms with E-state index >= 15 is 0 Å². The van der Waals surface area contributed by atoms with Crippen LogP contribution in [0.15, 0.2) is 59.8 Å². The second kappa shape index (κ2) is 8.68. The zero-order chi connectivity index (χ0) is 24.5. The molecule has 0 aliphatic rings. The molecule has 0 aliphatic carbocycles. The summed E-state index contributed by atoms with van der Waals surface area (Å²) >= 11 is 0. The van der Waals surface area contributed by atoms with Gasteiger partial charge in [0.25, 0.3) is 0 Å². The Morgan fingerprint density at radius 1 is 0.882 bits per heavy atom. The number of hydrogen-bond donors (Lipinski definition) is 0. The number of ether oxygens (including phenoxy) is 2. The summed E-state index contributed by atoms with van der Waals surface area (Å²) < 4.78 is 85.9. The molecule has 0 amide bonds. The summed E-state index contributed by atoms with van der Waals surface area (Å²) in [5.41, 5.74) is -0.155. The van der Waals surface area contributed by atoms with Crippen LogP contribution in [0.4, 0.5) is 26.3 Å². The fraction of sp³-hybridized carbons (Fsp3) is 0.200. The fourth-order valence-electron chi connectivity index (χ4n) is 2.94. The molecule has 0 unspecified atom stereocenters. The zero-order valence-electron chi connectivity index (χ0n) is 16.8. The van der Waals surface area contributed by atoms with Crippen molar-refractivity contribution in [2.45, 2.75) is 19.1 Å². The van der Waals surface area contributed by atoms with Gasteiger partial charge >= 0.3 is 24.2 Å². The number of pyridine rings is 1. The summed E-state index contributed by atoms with van der Waals surface area (Å²) in [6.07, 6.45) is -6.73. The van der Waals surface area contributed by atoms with E-state index in [9.17, 15) is 31.1 Å². The summed E-state index contributed by atoms with van der Waals surface area (Å²) in [4.78, 5) is 19.6. The number of aromatic nitrogens is 5. The lowest BCUT2D eigenvalue weighted by atomic mass is 10.1. The molecule has 178 valence electrons. The van der Waals surface area contributed by atoms with Crippen LogP contribution in [0.3, 0.4) is 0 Å². The largest absolute Gasteiger partial charge is 0.573 e. The molecule has 4 aromatic rings. The van der Waals surface area contributed by atoms with Crippen molar-refractivity contribution in [3.05, 3.63) is 71.0 Å². The summed E-state index contributed by atoms with van der Waals surface area (Å²) in [6.45, 7) is -0.174. The van der Waals surface area contributed by atoms with Crippen LogP contribution in [0.1, 0.15) is 5.56 Å². The van der Waals surface area contributed by atoms with Gasteiger partial charge in [0, 0.05) is 18.6 Å². The smallest absolute Gasteiger partial charge is 0.461 e. The van der Waals surface area contributed by atoms with Crippen LogP contribution in [0.2, 0.25) is 0 Å². The lowest BCUT2D eigenvalue weighted by molar-refractivity contribution is -0.274. The van der Waals surface area contributed by atoms with Gasteiger partial charge in [-0.3, -0.25) is 0 Å². The predicted octanol–water partition coefficient (Wildman–Crippen LogP) is 3.95. The third-order valence-corrected chi connectivity index (χ3v) is 4.49. The Bertz CT molecular complexity index is 1350. The van der Waals surface area contributed by atoms with Crippen molar-refractivity contribution in [3.63, 3.8) is 0 Å². The molecule has 3 aromatic heterocycles. The first-order valence-corrected chi connectivity index (χ1v) is 9.47. The molecular weight excluding hydrogens is 472 g/mol. The van der Waals surface area contributed by atoms with Gasteiger partial charge in [-0.05, 0) is 35.4 Å². The third-order valence-electron chi connectivity index (χ3n) is 4.49. The molecule has 3 heterocycles. The van der Waals surface area contributed by atoms with Crippen molar-refractivity contribution in [2.75, 3.05) is 6.61 Å². The number of alkyl halides is 6. The molecule has 1 aromatic carbocycles. The molecule has 0 radical (unpaired) electrons. The molecule has 0 atom stereocenters. The van der Waals surface area contributed by atoms with Gasteiger partial charge in [0.15, 0.2) is 5.65 Å². The highest BCUT2D eigenvalue weighted by Crippen LogP contribution is 2.28. The van der Waals surface area contributed by atoms with E-state index in [1.54, 1.807) is 12.1 Å². The summed E-state index contributed by atoms with van der Waals surface area (Å²) in [7, 11) is 0. The summed E-state index contributed by atoms with van der Waals surface area (Å²) in [6, 6.07) is 8.03. The van der Waals surface area contributed by atoms with Crippen LogP contribution < -0.4 is 15.2 Å². The molecule has 0 saturated carbocycles. The van der Waals surface area contributed by atoms with E-state index in [4.69, 9.17) is 4.74 Å². The fourth-order valence-corrected chi connectivity index (χ4v) is 2.94. The van der Waals surface area contributed by atoms with E-state index in [2.05, 4.69) is 19.8 Å². The molecule has 0 N–H and O–H groups in total. The lowest BCUT2D eigenvalue weighted by Crippen LogP contribution is -2.24. The number of fused-ring (bicyclic) bond motifs is 1. The SMILES string of the molecule is O=c1n(CCOc2ncc(C(F)(F)F)cn2)nc2ccc(-c3ccc(OC(F)(F)F)cc3)cn12. The van der Waals surface area contributed by atoms with Gasteiger partial charge in [-0.2, -0.15) is 13.2 Å². The van der Waals surface area contributed by atoms with E-state index in [-0.39, 0.29) is 24.9 Å². The maximum Gasteiger partial charge on any atom is 0.573 e. The highest BCUT2D eigenvalue weighted by Gasteiger charge is 2.32. The van der Waals surface area contributed by atoms with Gasteiger partial charge in [0.2, 0.25) is 0 Å². The standard InChI is InChI=1S/C20H13F6N5O3/c21-19(22,23)14-9-27-17(28-10-14)33-8-7-31-18(32)30-11-13(3-6-16(30)29-31)12-1-4-15(5-2-12)34-20(24,25)26/h1-6,9-11H,7-8H2. The van der Waals surface area contributed by atoms with Crippen LogP contribution in [-0.2, 0) is 12.7 Å². The topological polar surface area (TPSA) is 83.5 Å². The summed E-state index contributed by atoms with van der Waals surface area (Å²) in [5, 5.41) is 4.13. The van der Waals surface area contributed by atoms with Crippen LogP contribution in [-0.4, -0.2) is 37.1 Å². The Kier molecular flexibility index (Phi) is 5.89. The van der Waals surface area contributed by atoms with Crippen LogP contribution in [0.25, 0.3) is 16.8 Å². The normalized spacial score (nSPS) is 12.2. The molecule has 0 bridgehead atoms. The van der Waals surface area contributed by atoms with Gasteiger partial charge in [0.05, 0.1) is 12.1 Å². The Hall–Kier alpha value is -4.10. The molecular formula is C20H13F6N5O3. The molecule has 0 fully saturated rings. The van der Waals surface area contributed by atoms with E-state index in [1.807, 2.05) is 0 Å². The Labute approximate surface area is 186 Å². The van der Waals surface area contributed by atoms with Gasteiger partial charge in [-0.1, -0.05) is 12.1 Å². The van der Waals surface area contributed by atoms with Gasteiger partial charge in [-0.25, -0.2) is 23.8 Å². The van der Waals surface area contributed by atoms with Crippen molar-refractivity contribution < 1.29 is 35.8 Å². The molecule has 4 rings (SSSR count). The van der Waals surface area contributed by atoms with Crippen LogP contribution in [0, 0.1) is 0 Å². The molecule has 14 heteroatoms. The molecule has 0 saturated heterocycles. The van der Waals surface area contributed by atoms with Gasteiger partial charge in [0.1, 0.15) is 12.4 Å². The highest BCUT2D eigenvalue weighted by molar-refractivity contribution is 5.65. The predicted molar refractivity (Wildman–Crippen MR) is 104 cm³/mol. The maximum absolute atomic E-state index is 12.6. The maximum atomic E-state index is 12.6. The molecule has 8 nitrogen and oxygen atoms in total. The number of rotatable bonds is 6. The number of nitrogens with zero attached hydrogens (tertiary/aromatic N) is 5. The van der Waals surface area contributed by atoms with Crippen molar-refractivity contribution in [2.24, 2.45) is 0 Å². The highest BCUT2D eigenvalue weighted by atomic mass is 19.4. The minimum atomic E-state index is -4.80. The Balaban J connectivity index is 1.45. The van der Waals surface area contributed by atoms with Gasteiger partial charge < -0.3 is 9.47 Å². The number of halogens is 6. The average molecular weight is 485 g/mol. The van der Waals surface area contributed by atoms with E-state index in [0.29, 0.717) is 29.2 Å². The molecule has 34 heavy (non-hydrogen) atoms. The van der Waals surface area contributed by atoms with Crippen LogP contribution in [0.5, 0.6) is 11.8 Å². The van der Waals surface area contributed by atoms with Crippen LogP contribution >= 0.6 is 0 Å². The van der Waals surface area contributed by atoms with E-state index in [0.717, 1.165) is 16.8 Å². The number of benzene rings is 1. The lowest BCUT2D eigenvalue weighted by Gasteiger charge is -2.09. The minimum absolute atomic E-state index is 0.0380. The van der Waals surface area contributed by atoms with Crippen molar-refractivity contribution in [1.29, 1.82) is 0 Å². The van der Waals surface area contributed by atoms with E-state index < -0.39 is 23.8 Å². The quantitative estimate of drug-likeness (QED) is 0.385. The monoisotopic (exact) mass is 485 g/mol.